The number of ether oxygens (including phenoxy) is 2. The molecule has 24 heavy (non-hydrogen) atoms. The number of methoxy groups -OCH3 is 1. The highest BCUT2D eigenvalue weighted by Gasteiger charge is 2.22. The zero-order valence-electron chi connectivity index (χ0n) is 13.4. The van der Waals surface area contributed by atoms with E-state index < -0.39 is 11.9 Å². The number of anilines is 1. The molecule has 2 aromatic rings. The summed E-state index contributed by atoms with van der Waals surface area (Å²) in [6.07, 6.45) is 3.85. The molecule has 0 spiro atoms. The number of hydrogen-bond donors (Lipinski definition) is 0. The van der Waals surface area contributed by atoms with Crippen molar-refractivity contribution >= 4 is 17.8 Å². The van der Waals surface area contributed by atoms with Gasteiger partial charge in [-0.1, -0.05) is 0 Å². The summed E-state index contributed by atoms with van der Waals surface area (Å²) in [6, 6.07) is 6.46. The lowest BCUT2D eigenvalue weighted by Crippen LogP contribution is -2.22. The number of esters is 2. The average Bonchev–Trinajstić information content (AvgIpc) is 3.30. The summed E-state index contributed by atoms with van der Waals surface area (Å²) in [5, 5.41) is 0. The molecule has 0 bridgehead atoms. The van der Waals surface area contributed by atoms with Crippen LogP contribution < -0.4 is 4.90 Å². The Morgan fingerprint density at radius 1 is 1.21 bits per heavy atom. The molecule has 1 fully saturated rings. The van der Waals surface area contributed by atoms with Crippen molar-refractivity contribution in [2.24, 2.45) is 0 Å². The van der Waals surface area contributed by atoms with Crippen LogP contribution in [0.1, 0.15) is 39.5 Å². The van der Waals surface area contributed by atoms with Crippen LogP contribution in [0.5, 0.6) is 0 Å². The molecule has 0 amide bonds. The first-order chi connectivity index (χ1) is 11.7. The summed E-state index contributed by atoms with van der Waals surface area (Å²) < 4.78 is 15.1. The normalized spacial score (nSPS) is 13.8. The van der Waals surface area contributed by atoms with E-state index >= 15 is 0 Å². The van der Waals surface area contributed by atoms with Gasteiger partial charge >= 0.3 is 11.9 Å². The Hall–Kier alpha value is -2.83. The van der Waals surface area contributed by atoms with Crippen LogP contribution in [0.15, 0.2) is 34.9 Å². The first kappa shape index (κ1) is 16.0. The van der Waals surface area contributed by atoms with Crippen LogP contribution in [0.4, 0.5) is 5.82 Å². The second kappa shape index (κ2) is 7.16. The van der Waals surface area contributed by atoms with E-state index in [1.807, 2.05) is 0 Å². The van der Waals surface area contributed by atoms with Gasteiger partial charge < -0.3 is 18.8 Å². The lowest BCUT2D eigenvalue weighted by atomic mass is 10.2. The quantitative estimate of drug-likeness (QED) is 0.779. The van der Waals surface area contributed by atoms with Gasteiger partial charge in [-0.2, -0.15) is 0 Å². The number of nitrogens with zero attached hydrogens (tertiary/aromatic N) is 2. The molecule has 0 radical (unpaired) electrons. The summed E-state index contributed by atoms with van der Waals surface area (Å²) in [7, 11) is 1.27. The van der Waals surface area contributed by atoms with Gasteiger partial charge in [0.25, 0.3) is 0 Å². The van der Waals surface area contributed by atoms with E-state index in [4.69, 9.17) is 9.15 Å². The van der Waals surface area contributed by atoms with Gasteiger partial charge in [0.2, 0.25) is 5.76 Å². The summed E-state index contributed by atoms with van der Waals surface area (Å²) in [4.78, 5) is 30.1. The Morgan fingerprint density at radius 3 is 2.75 bits per heavy atom. The molecule has 1 aliphatic rings. The molecule has 0 N–H and O–H groups in total. The number of rotatable bonds is 5. The lowest BCUT2D eigenvalue weighted by Gasteiger charge is -2.18. The van der Waals surface area contributed by atoms with Gasteiger partial charge in [-0.05, 0) is 37.1 Å². The molecule has 0 aromatic carbocycles. The van der Waals surface area contributed by atoms with Gasteiger partial charge in [0.15, 0.2) is 0 Å². The maximum Gasteiger partial charge on any atom is 0.373 e. The van der Waals surface area contributed by atoms with Crippen molar-refractivity contribution in [1.82, 2.24) is 4.98 Å². The van der Waals surface area contributed by atoms with Gasteiger partial charge in [0.1, 0.15) is 23.7 Å². The van der Waals surface area contributed by atoms with Crippen LogP contribution in [0.25, 0.3) is 0 Å². The molecule has 7 heteroatoms. The van der Waals surface area contributed by atoms with Crippen LogP contribution >= 0.6 is 0 Å². The Bertz CT molecular complexity index is 734. The number of aromatic nitrogens is 1. The monoisotopic (exact) mass is 330 g/mol. The van der Waals surface area contributed by atoms with Crippen molar-refractivity contribution in [3.05, 3.63) is 47.5 Å². The number of carbonyl (C=O) groups excluding carboxylic acids is 2. The molecule has 1 aliphatic heterocycles. The third-order valence-corrected chi connectivity index (χ3v) is 3.81. The molecule has 0 aliphatic carbocycles. The highest BCUT2D eigenvalue weighted by atomic mass is 16.5. The molecule has 3 heterocycles. The average molecular weight is 330 g/mol. The summed E-state index contributed by atoms with van der Waals surface area (Å²) in [5.41, 5.74) is 0.430. The number of furan rings is 1. The maximum absolute atomic E-state index is 12.4. The number of hydrogen-bond acceptors (Lipinski definition) is 7. The second-order valence-electron chi connectivity index (χ2n) is 5.40. The van der Waals surface area contributed by atoms with Crippen molar-refractivity contribution < 1.29 is 23.5 Å². The number of carbonyl (C=O) groups is 2. The lowest BCUT2D eigenvalue weighted by molar-refractivity contribution is 0.0438. The molecule has 0 saturated carbocycles. The number of pyridine rings is 1. The summed E-state index contributed by atoms with van der Waals surface area (Å²) in [6.45, 7) is 1.71. The highest BCUT2D eigenvalue weighted by Crippen LogP contribution is 2.23. The molecule has 0 unspecified atom stereocenters. The summed E-state index contributed by atoms with van der Waals surface area (Å²) >= 11 is 0. The topological polar surface area (TPSA) is 81.9 Å². The predicted octanol–water partition coefficient (Wildman–Crippen LogP) is 2.42. The van der Waals surface area contributed by atoms with Gasteiger partial charge in [-0.25, -0.2) is 14.6 Å². The maximum atomic E-state index is 12.4. The second-order valence-corrected chi connectivity index (χ2v) is 5.40. The third-order valence-electron chi connectivity index (χ3n) is 3.81. The van der Waals surface area contributed by atoms with Gasteiger partial charge in [0.05, 0.1) is 7.11 Å². The minimum absolute atomic E-state index is 0.0653. The van der Waals surface area contributed by atoms with Crippen LogP contribution in [0.2, 0.25) is 0 Å². The standard InChI is InChI=1S/C17H18N2O5/c1-22-17(21)14-7-6-12(24-14)11-23-16(20)13-5-4-8-18-15(13)19-9-2-3-10-19/h4-8H,2-3,9-11H2,1H3. The predicted molar refractivity (Wildman–Crippen MR) is 84.9 cm³/mol. The fourth-order valence-corrected chi connectivity index (χ4v) is 2.62. The highest BCUT2D eigenvalue weighted by molar-refractivity contribution is 5.94. The minimum Gasteiger partial charge on any atom is -0.463 e. The van der Waals surface area contributed by atoms with E-state index in [-0.39, 0.29) is 12.4 Å². The SMILES string of the molecule is COC(=O)c1ccc(COC(=O)c2cccnc2N2CCCC2)o1. The smallest absolute Gasteiger partial charge is 0.373 e. The molecule has 0 atom stereocenters. The Morgan fingerprint density at radius 2 is 2.00 bits per heavy atom. The molecule has 3 rings (SSSR count). The van der Waals surface area contributed by atoms with E-state index in [0.717, 1.165) is 25.9 Å². The van der Waals surface area contributed by atoms with Crippen molar-refractivity contribution in [1.29, 1.82) is 0 Å². The van der Waals surface area contributed by atoms with Crippen LogP contribution in [0, 0.1) is 0 Å². The van der Waals surface area contributed by atoms with Crippen LogP contribution in [-0.4, -0.2) is 37.1 Å². The van der Waals surface area contributed by atoms with Crippen molar-refractivity contribution in [2.75, 3.05) is 25.1 Å². The molecule has 126 valence electrons. The summed E-state index contributed by atoms with van der Waals surface area (Å²) in [5.74, 6) is 0.0462. The van der Waals surface area contributed by atoms with Crippen LogP contribution in [0.3, 0.4) is 0 Å². The van der Waals surface area contributed by atoms with E-state index in [9.17, 15) is 9.59 Å². The zero-order chi connectivity index (χ0) is 16.9. The van der Waals surface area contributed by atoms with E-state index in [1.165, 1.54) is 13.2 Å². The Kier molecular flexibility index (Phi) is 4.79. The first-order valence-electron chi connectivity index (χ1n) is 7.73. The third kappa shape index (κ3) is 3.40. The molecular weight excluding hydrogens is 312 g/mol. The van der Waals surface area contributed by atoms with Gasteiger partial charge in [-0.15, -0.1) is 0 Å². The van der Waals surface area contributed by atoms with E-state index in [1.54, 1.807) is 24.4 Å². The fraction of sp³-hybridized carbons (Fsp3) is 0.353. The first-order valence-corrected chi connectivity index (χ1v) is 7.73. The molecule has 7 nitrogen and oxygen atoms in total. The Balaban J connectivity index is 1.67. The fourth-order valence-electron chi connectivity index (χ4n) is 2.62. The van der Waals surface area contributed by atoms with Gasteiger partial charge in [-0.3, -0.25) is 0 Å². The molecular formula is C17H18N2O5. The molecule has 2 aromatic heterocycles. The van der Waals surface area contributed by atoms with E-state index in [2.05, 4.69) is 14.6 Å². The Labute approximate surface area is 139 Å². The molecule has 1 saturated heterocycles. The zero-order valence-corrected chi connectivity index (χ0v) is 13.4. The van der Waals surface area contributed by atoms with Crippen LogP contribution in [-0.2, 0) is 16.1 Å². The van der Waals surface area contributed by atoms with Crippen molar-refractivity contribution in [3.8, 4) is 0 Å². The van der Waals surface area contributed by atoms with Gasteiger partial charge in [0, 0.05) is 19.3 Å². The van der Waals surface area contributed by atoms with E-state index in [0.29, 0.717) is 17.1 Å². The largest absolute Gasteiger partial charge is 0.463 e. The van der Waals surface area contributed by atoms with Crippen molar-refractivity contribution in [3.63, 3.8) is 0 Å². The minimum atomic E-state index is -0.573. The van der Waals surface area contributed by atoms with Crippen molar-refractivity contribution in [2.45, 2.75) is 19.4 Å².